The van der Waals surface area contributed by atoms with Crippen molar-refractivity contribution < 1.29 is 9.90 Å². The molecule has 0 saturated carbocycles. The molecule has 0 aromatic heterocycles. The Morgan fingerprint density at radius 1 is 1.20 bits per heavy atom. The molecule has 4 nitrogen and oxygen atoms in total. The first-order valence-electron chi connectivity index (χ1n) is 9.02. The zero-order valence-corrected chi connectivity index (χ0v) is 15.0. The Bertz CT molecular complexity index is 757. The summed E-state index contributed by atoms with van der Waals surface area (Å²) in [5, 5.41) is 12.8. The quantitative estimate of drug-likeness (QED) is 0.836. The van der Waals surface area contributed by atoms with Crippen LogP contribution in [0.2, 0.25) is 0 Å². The highest BCUT2D eigenvalue weighted by Gasteiger charge is 2.23. The summed E-state index contributed by atoms with van der Waals surface area (Å²) >= 11 is 0. The van der Waals surface area contributed by atoms with Gasteiger partial charge in [-0.3, -0.25) is 4.79 Å². The van der Waals surface area contributed by atoms with Crippen molar-refractivity contribution in [3.63, 3.8) is 0 Å². The summed E-state index contributed by atoms with van der Waals surface area (Å²) in [6.45, 7) is 5.05. The van der Waals surface area contributed by atoms with Gasteiger partial charge < -0.3 is 15.3 Å². The topological polar surface area (TPSA) is 52.6 Å². The monoisotopic (exact) mass is 338 g/mol. The van der Waals surface area contributed by atoms with Crippen molar-refractivity contribution in [3.8, 4) is 0 Å². The molecule has 1 aliphatic heterocycles. The van der Waals surface area contributed by atoms with Gasteiger partial charge in [0.05, 0.1) is 6.61 Å². The number of benzene rings is 2. The van der Waals surface area contributed by atoms with Crippen LogP contribution in [-0.4, -0.2) is 17.6 Å². The van der Waals surface area contributed by atoms with Crippen molar-refractivity contribution in [2.45, 2.75) is 45.8 Å². The number of fused-ring (bicyclic) bond motifs is 1. The highest BCUT2D eigenvalue weighted by Crippen LogP contribution is 2.31. The molecule has 1 amide bonds. The van der Waals surface area contributed by atoms with Crippen LogP contribution < -0.4 is 10.2 Å². The van der Waals surface area contributed by atoms with E-state index in [1.54, 1.807) is 0 Å². The SMILES string of the molecule is CCCN1C(=O)CCc2cc(NC(C)c3cccc(CO)c3)ccc21. The van der Waals surface area contributed by atoms with Gasteiger partial charge in [-0.15, -0.1) is 0 Å². The van der Waals surface area contributed by atoms with E-state index in [2.05, 4.69) is 37.4 Å². The maximum absolute atomic E-state index is 12.1. The molecule has 1 heterocycles. The van der Waals surface area contributed by atoms with Crippen LogP contribution in [-0.2, 0) is 17.8 Å². The summed E-state index contributed by atoms with van der Waals surface area (Å²) in [5.74, 6) is 0.226. The Labute approximate surface area is 149 Å². The van der Waals surface area contributed by atoms with Crippen LogP contribution in [0, 0.1) is 0 Å². The van der Waals surface area contributed by atoms with E-state index in [4.69, 9.17) is 0 Å². The van der Waals surface area contributed by atoms with E-state index < -0.39 is 0 Å². The Morgan fingerprint density at radius 3 is 2.80 bits per heavy atom. The van der Waals surface area contributed by atoms with E-state index in [0.29, 0.717) is 6.42 Å². The minimum Gasteiger partial charge on any atom is -0.392 e. The van der Waals surface area contributed by atoms with Crippen molar-refractivity contribution >= 4 is 17.3 Å². The number of aliphatic hydroxyl groups excluding tert-OH is 1. The number of rotatable bonds is 6. The molecule has 1 atom stereocenters. The average Bonchev–Trinajstić information content (AvgIpc) is 2.64. The lowest BCUT2D eigenvalue weighted by Gasteiger charge is -2.30. The normalized spacial score (nSPS) is 15.0. The van der Waals surface area contributed by atoms with Crippen molar-refractivity contribution in [3.05, 3.63) is 59.2 Å². The fourth-order valence-electron chi connectivity index (χ4n) is 3.41. The Kier molecular flexibility index (Phi) is 5.39. The molecule has 2 aromatic carbocycles. The second-order valence-corrected chi connectivity index (χ2v) is 6.66. The smallest absolute Gasteiger partial charge is 0.227 e. The predicted octanol–water partition coefficient (Wildman–Crippen LogP) is 4.04. The lowest BCUT2D eigenvalue weighted by molar-refractivity contribution is -0.118. The van der Waals surface area contributed by atoms with Gasteiger partial charge in [-0.25, -0.2) is 0 Å². The molecule has 25 heavy (non-hydrogen) atoms. The fraction of sp³-hybridized carbons (Fsp3) is 0.381. The first-order chi connectivity index (χ1) is 12.1. The fourth-order valence-corrected chi connectivity index (χ4v) is 3.41. The zero-order chi connectivity index (χ0) is 17.8. The van der Waals surface area contributed by atoms with E-state index in [1.807, 2.05) is 29.2 Å². The number of hydrogen-bond donors (Lipinski definition) is 2. The van der Waals surface area contributed by atoms with Crippen LogP contribution in [0.5, 0.6) is 0 Å². The average molecular weight is 338 g/mol. The molecule has 0 fully saturated rings. The molecule has 0 bridgehead atoms. The Morgan fingerprint density at radius 2 is 2.04 bits per heavy atom. The number of carbonyl (C=O) groups is 1. The summed E-state index contributed by atoms with van der Waals surface area (Å²) < 4.78 is 0. The van der Waals surface area contributed by atoms with Crippen LogP contribution in [0.4, 0.5) is 11.4 Å². The summed E-state index contributed by atoms with van der Waals surface area (Å²) in [7, 11) is 0. The number of aryl methyl sites for hydroxylation is 1. The van der Waals surface area contributed by atoms with E-state index in [-0.39, 0.29) is 18.6 Å². The molecule has 1 unspecified atom stereocenters. The summed E-state index contributed by atoms with van der Waals surface area (Å²) in [5.41, 5.74) is 5.41. The Hall–Kier alpha value is -2.33. The standard InChI is InChI=1S/C21H26N2O2/c1-3-11-23-20-9-8-19(13-18(20)7-10-21(23)25)22-15(2)17-6-4-5-16(12-17)14-24/h4-6,8-9,12-13,15,22,24H,3,7,10-11,14H2,1-2H3. The third kappa shape index (κ3) is 3.85. The van der Waals surface area contributed by atoms with Gasteiger partial charge in [0.1, 0.15) is 0 Å². The van der Waals surface area contributed by atoms with Gasteiger partial charge in [0.25, 0.3) is 0 Å². The van der Waals surface area contributed by atoms with Gasteiger partial charge in [0.2, 0.25) is 5.91 Å². The highest BCUT2D eigenvalue weighted by molar-refractivity contribution is 5.96. The predicted molar refractivity (Wildman–Crippen MR) is 102 cm³/mol. The zero-order valence-electron chi connectivity index (χ0n) is 15.0. The number of carbonyl (C=O) groups excluding carboxylic acids is 1. The van der Waals surface area contributed by atoms with Crippen LogP contribution in [0.25, 0.3) is 0 Å². The second kappa shape index (κ2) is 7.70. The first kappa shape index (κ1) is 17.5. The molecule has 132 valence electrons. The van der Waals surface area contributed by atoms with Crippen LogP contribution in [0.3, 0.4) is 0 Å². The maximum Gasteiger partial charge on any atom is 0.227 e. The van der Waals surface area contributed by atoms with Gasteiger partial charge in [-0.1, -0.05) is 31.2 Å². The molecule has 0 saturated heterocycles. The van der Waals surface area contributed by atoms with Gasteiger partial charge in [0.15, 0.2) is 0 Å². The van der Waals surface area contributed by atoms with Gasteiger partial charge in [-0.05, 0) is 54.7 Å². The molecule has 2 N–H and O–H groups in total. The van der Waals surface area contributed by atoms with Gasteiger partial charge in [0, 0.05) is 30.4 Å². The maximum atomic E-state index is 12.1. The number of nitrogens with zero attached hydrogens (tertiary/aromatic N) is 1. The summed E-state index contributed by atoms with van der Waals surface area (Å²) in [6, 6.07) is 14.4. The van der Waals surface area contributed by atoms with E-state index in [1.165, 1.54) is 5.56 Å². The second-order valence-electron chi connectivity index (χ2n) is 6.66. The van der Waals surface area contributed by atoms with Gasteiger partial charge in [-0.2, -0.15) is 0 Å². The van der Waals surface area contributed by atoms with Crippen LogP contribution in [0.1, 0.15) is 49.4 Å². The number of hydrogen-bond acceptors (Lipinski definition) is 3. The molecular weight excluding hydrogens is 312 g/mol. The molecular formula is C21H26N2O2. The summed E-state index contributed by atoms with van der Waals surface area (Å²) in [6.07, 6.45) is 2.35. The Balaban J connectivity index is 1.79. The summed E-state index contributed by atoms with van der Waals surface area (Å²) in [4.78, 5) is 14.1. The molecule has 4 heteroatoms. The van der Waals surface area contributed by atoms with Crippen molar-refractivity contribution in [2.75, 3.05) is 16.8 Å². The number of aliphatic hydroxyl groups is 1. The number of nitrogens with one attached hydrogen (secondary N) is 1. The third-order valence-corrected chi connectivity index (χ3v) is 4.74. The number of anilines is 2. The molecule has 0 spiro atoms. The first-order valence-corrected chi connectivity index (χ1v) is 9.02. The van der Waals surface area contributed by atoms with Crippen LogP contribution in [0.15, 0.2) is 42.5 Å². The lowest BCUT2D eigenvalue weighted by Crippen LogP contribution is -2.35. The minimum absolute atomic E-state index is 0.0562. The molecule has 0 aliphatic carbocycles. The molecule has 1 aliphatic rings. The third-order valence-electron chi connectivity index (χ3n) is 4.74. The highest BCUT2D eigenvalue weighted by atomic mass is 16.3. The lowest BCUT2D eigenvalue weighted by atomic mass is 9.99. The minimum atomic E-state index is 0.0562. The largest absolute Gasteiger partial charge is 0.392 e. The van der Waals surface area contributed by atoms with E-state index in [0.717, 1.165) is 41.9 Å². The van der Waals surface area contributed by atoms with Crippen molar-refractivity contribution in [1.82, 2.24) is 0 Å². The van der Waals surface area contributed by atoms with Crippen molar-refractivity contribution in [1.29, 1.82) is 0 Å². The van der Waals surface area contributed by atoms with Crippen LogP contribution >= 0.6 is 0 Å². The molecule has 3 rings (SSSR count). The van der Waals surface area contributed by atoms with Crippen molar-refractivity contribution in [2.24, 2.45) is 0 Å². The molecule has 0 radical (unpaired) electrons. The number of amides is 1. The van der Waals surface area contributed by atoms with E-state index >= 15 is 0 Å². The molecule has 2 aromatic rings. The van der Waals surface area contributed by atoms with Gasteiger partial charge >= 0.3 is 0 Å². The van der Waals surface area contributed by atoms with E-state index in [9.17, 15) is 9.90 Å².